The fourth-order valence-electron chi connectivity index (χ4n) is 1.17. The van der Waals surface area contributed by atoms with Crippen molar-refractivity contribution in [2.75, 3.05) is 13.1 Å². The molecule has 0 aromatic heterocycles. The molecule has 7 heteroatoms. The summed E-state index contributed by atoms with van der Waals surface area (Å²) in [5, 5.41) is 10.3. The standard InChI is InChI=1S/C10H10BrN.C2HF3O2/c11-10-3-1-8(2-4-10)5-9-6-12-7-9;3-2(4,5)1(6)7/h1-5,12H,6-7H2;(H,6,7). The number of nitrogens with one attached hydrogen (secondary N) is 1. The summed E-state index contributed by atoms with van der Waals surface area (Å²) in [5.41, 5.74) is 2.77. The molecule has 104 valence electrons. The Labute approximate surface area is 116 Å². The number of hydrogen-bond donors (Lipinski definition) is 2. The van der Waals surface area contributed by atoms with Crippen LogP contribution in [0.25, 0.3) is 6.08 Å². The van der Waals surface area contributed by atoms with Gasteiger partial charge in [0, 0.05) is 17.6 Å². The molecule has 0 saturated carbocycles. The molecule has 19 heavy (non-hydrogen) atoms. The third-order valence-corrected chi connectivity index (χ3v) is 2.72. The Kier molecular flexibility index (Phi) is 5.56. The van der Waals surface area contributed by atoms with Gasteiger partial charge in [-0.3, -0.25) is 0 Å². The van der Waals surface area contributed by atoms with Gasteiger partial charge in [0.05, 0.1) is 0 Å². The van der Waals surface area contributed by atoms with Crippen molar-refractivity contribution in [2.45, 2.75) is 6.18 Å². The monoisotopic (exact) mass is 337 g/mol. The maximum atomic E-state index is 10.6. The first-order chi connectivity index (χ1) is 8.79. The highest BCUT2D eigenvalue weighted by molar-refractivity contribution is 9.10. The SMILES string of the molecule is Brc1ccc(C=C2CNC2)cc1.O=C(O)C(F)(F)F. The molecule has 0 atom stereocenters. The van der Waals surface area contributed by atoms with Gasteiger partial charge in [-0.05, 0) is 23.3 Å². The molecule has 0 unspecified atom stereocenters. The lowest BCUT2D eigenvalue weighted by molar-refractivity contribution is -0.192. The summed E-state index contributed by atoms with van der Waals surface area (Å²) in [5.74, 6) is -2.76. The van der Waals surface area contributed by atoms with E-state index in [1.807, 2.05) is 0 Å². The van der Waals surface area contributed by atoms with Crippen LogP contribution >= 0.6 is 15.9 Å². The highest BCUT2D eigenvalue weighted by Gasteiger charge is 2.38. The Morgan fingerprint density at radius 1 is 1.26 bits per heavy atom. The average molecular weight is 338 g/mol. The topological polar surface area (TPSA) is 49.3 Å². The van der Waals surface area contributed by atoms with Gasteiger partial charge in [-0.15, -0.1) is 0 Å². The fourth-order valence-corrected chi connectivity index (χ4v) is 1.43. The van der Waals surface area contributed by atoms with Crippen molar-refractivity contribution >= 4 is 28.0 Å². The fraction of sp³-hybridized carbons (Fsp3) is 0.250. The van der Waals surface area contributed by atoms with Crippen LogP contribution < -0.4 is 5.32 Å². The number of aliphatic carboxylic acids is 1. The minimum atomic E-state index is -5.08. The molecule has 0 spiro atoms. The van der Waals surface area contributed by atoms with Gasteiger partial charge in [0.1, 0.15) is 0 Å². The van der Waals surface area contributed by atoms with E-state index in [9.17, 15) is 13.2 Å². The Balaban J connectivity index is 0.000000224. The Morgan fingerprint density at radius 3 is 2.05 bits per heavy atom. The Bertz CT molecular complexity index is 463. The van der Waals surface area contributed by atoms with Crippen molar-refractivity contribution in [2.24, 2.45) is 0 Å². The summed E-state index contributed by atoms with van der Waals surface area (Å²) >= 11 is 3.41. The molecule has 0 radical (unpaired) electrons. The number of benzene rings is 1. The molecule has 1 aromatic carbocycles. The van der Waals surface area contributed by atoms with Crippen molar-refractivity contribution in [3.63, 3.8) is 0 Å². The molecule has 2 rings (SSSR count). The second-order valence-electron chi connectivity index (χ2n) is 3.76. The number of carboxylic acids is 1. The van der Waals surface area contributed by atoms with Gasteiger partial charge in [-0.1, -0.05) is 34.1 Å². The molecule has 0 bridgehead atoms. The number of hydrogen-bond acceptors (Lipinski definition) is 2. The molecule has 2 N–H and O–H groups in total. The quantitative estimate of drug-likeness (QED) is 0.828. The van der Waals surface area contributed by atoms with E-state index in [2.05, 4.69) is 51.6 Å². The van der Waals surface area contributed by atoms with E-state index in [0.29, 0.717) is 0 Å². The van der Waals surface area contributed by atoms with Gasteiger partial charge >= 0.3 is 12.1 Å². The van der Waals surface area contributed by atoms with Crippen LogP contribution in [-0.2, 0) is 4.79 Å². The summed E-state index contributed by atoms with van der Waals surface area (Å²) < 4.78 is 32.9. The van der Waals surface area contributed by atoms with Crippen LogP contribution in [-0.4, -0.2) is 30.3 Å². The highest BCUT2D eigenvalue weighted by atomic mass is 79.9. The molecule has 1 aliphatic rings. The molecule has 1 aromatic rings. The molecule has 0 aliphatic carbocycles. The van der Waals surface area contributed by atoms with E-state index in [4.69, 9.17) is 9.90 Å². The van der Waals surface area contributed by atoms with Crippen LogP contribution in [0.3, 0.4) is 0 Å². The normalized spacial score (nSPS) is 14.0. The minimum Gasteiger partial charge on any atom is -0.475 e. The number of alkyl halides is 3. The molecule has 0 amide bonds. The van der Waals surface area contributed by atoms with Gasteiger partial charge < -0.3 is 10.4 Å². The maximum absolute atomic E-state index is 10.6. The van der Waals surface area contributed by atoms with Crippen molar-refractivity contribution in [3.8, 4) is 0 Å². The van der Waals surface area contributed by atoms with Crippen LogP contribution in [0, 0.1) is 0 Å². The number of carbonyl (C=O) groups is 1. The first kappa shape index (κ1) is 15.7. The van der Waals surface area contributed by atoms with E-state index < -0.39 is 12.1 Å². The largest absolute Gasteiger partial charge is 0.490 e. The van der Waals surface area contributed by atoms with Gasteiger partial charge in [0.25, 0.3) is 0 Å². The second-order valence-corrected chi connectivity index (χ2v) is 4.68. The third-order valence-electron chi connectivity index (χ3n) is 2.19. The number of carboxylic acid groups (broad SMARTS) is 1. The molecule has 3 nitrogen and oxygen atoms in total. The van der Waals surface area contributed by atoms with Crippen LogP contribution in [0.1, 0.15) is 5.56 Å². The maximum Gasteiger partial charge on any atom is 0.490 e. The van der Waals surface area contributed by atoms with Crippen molar-refractivity contribution in [1.29, 1.82) is 0 Å². The lowest BCUT2D eigenvalue weighted by atomic mass is 10.1. The molecular formula is C12H11BrF3NO2. The number of rotatable bonds is 1. The first-order valence-corrected chi connectivity index (χ1v) is 6.04. The van der Waals surface area contributed by atoms with Gasteiger partial charge in [-0.25, -0.2) is 4.79 Å². The van der Waals surface area contributed by atoms with Gasteiger partial charge in [-0.2, -0.15) is 13.2 Å². The first-order valence-electron chi connectivity index (χ1n) is 5.25. The average Bonchev–Trinajstić information content (AvgIpc) is 2.25. The van der Waals surface area contributed by atoms with Crippen molar-refractivity contribution < 1.29 is 23.1 Å². The van der Waals surface area contributed by atoms with E-state index in [1.165, 1.54) is 11.1 Å². The lowest BCUT2D eigenvalue weighted by Gasteiger charge is -2.18. The minimum absolute atomic E-state index is 1.05. The van der Waals surface area contributed by atoms with Crippen LogP contribution in [0.4, 0.5) is 13.2 Å². The van der Waals surface area contributed by atoms with E-state index in [0.717, 1.165) is 17.6 Å². The molecule has 1 saturated heterocycles. The van der Waals surface area contributed by atoms with E-state index in [-0.39, 0.29) is 0 Å². The van der Waals surface area contributed by atoms with Crippen molar-refractivity contribution in [3.05, 3.63) is 39.9 Å². The Morgan fingerprint density at radius 2 is 1.74 bits per heavy atom. The van der Waals surface area contributed by atoms with E-state index in [1.54, 1.807) is 0 Å². The summed E-state index contributed by atoms with van der Waals surface area (Å²) in [4.78, 5) is 8.90. The zero-order valence-electron chi connectivity index (χ0n) is 9.67. The Hall–Kier alpha value is -1.34. The summed E-state index contributed by atoms with van der Waals surface area (Å²) in [6.07, 6.45) is -2.84. The van der Waals surface area contributed by atoms with Crippen molar-refractivity contribution in [1.82, 2.24) is 5.32 Å². The summed E-state index contributed by atoms with van der Waals surface area (Å²) in [6, 6.07) is 8.38. The third kappa shape index (κ3) is 5.89. The summed E-state index contributed by atoms with van der Waals surface area (Å²) in [7, 11) is 0. The van der Waals surface area contributed by atoms with Crippen LogP contribution in [0.5, 0.6) is 0 Å². The van der Waals surface area contributed by atoms with E-state index >= 15 is 0 Å². The predicted molar refractivity (Wildman–Crippen MR) is 68.7 cm³/mol. The molecule has 1 heterocycles. The van der Waals surface area contributed by atoms with Crippen LogP contribution in [0.15, 0.2) is 34.3 Å². The predicted octanol–water partition coefficient (Wildman–Crippen LogP) is 3.07. The summed E-state index contributed by atoms with van der Waals surface area (Å²) in [6.45, 7) is 2.10. The molecule has 1 aliphatic heterocycles. The highest BCUT2D eigenvalue weighted by Crippen LogP contribution is 2.14. The zero-order chi connectivity index (χ0) is 14.5. The van der Waals surface area contributed by atoms with Gasteiger partial charge in [0.2, 0.25) is 0 Å². The zero-order valence-corrected chi connectivity index (χ0v) is 11.3. The van der Waals surface area contributed by atoms with Gasteiger partial charge in [0.15, 0.2) is 0 Å². The molecular weight excluding hydrogens is 327 g/mol. The van der Waals surface area contributed by atoms with Crippen LogP contribution in [0.2, 0.25) is 0 Å². The molecule has 1 fully saturated rings. The number of halogens is 4. The second kappa shape index (κ2) is 6.72. The smallest absolute Gasteiger partial charge is 0.475 e. The lowest BCUT2D eigenvalue weighted by Crippen LogP contribution is -2.33.